The first kappa shape index (κ1) is 17.0. The number of hydrogen-bond donors (Lipinski definition) is 0. The van der Waals surface area contributed by atoms with Gasteiger partial charge in [0.2, 0.25) is 5.91 Å². The van der Waals surface area contributed by atoms with E-state index >= 15 is 0 Å². The molecule has 0 bridgehead atoms. The van der Waals surface area contributed by atoms with E-state index in [1.54, 1.807) is 0 Å². The van der Waals surface area contributed by atoms with Gasteiger partial charge in [0.1, 0.15) is 0 Å². The Morgan fingerprint density at radius 1 is 1.16 bits per heavy atom. The Balaban J connectivity index is 1.46. The number of rotatable bonds is 3. The highest BCUT2D eigenvalue weighted by Gasteiger charge is 2.47. The zero-order valence-corrected chi connectivity index (χ0v) is 15.2. The van der Waals surface area contributed by atoms with Gasteiger partial charge in [0, 0.05) is 45.1 Å². The van der Waals surface area contributed by atoms with Crippen molar-refractivity contribution in [1.82, 2.24) is 9.80 Å². The molecule has 1 atom stereocenters. The summed E-state index contributed by atoms with van der Waals surface area (Å²) in [5.74, 6) is 0.979. The predicted octanol–water partition coefficient (Wildman–Crippen LogP) is 1.84. The van der Waals surface area contributed by atoms with Crippen LogP contribution in [0.3, 0.4) is 0 Å². The van der Waals surface area contributed by atoms with E-state index in [-0.39, 0.29) is 11.4 Å². The quantitative estimate of drug-likeness (QED) is 0.839. The molecule has 3 heterocycles. The third-order valence-electron chi connectivity index (χ3n) is 6.27. The van der Waals surface area contributed by atoms with Crippen LogP contribution in [-0.4, -0.2) is 74.2 Å². The van der Waals surface area contributed by atoms with Gasteiger partial charge in [-0.3, -0.25) is 9.69 Å². The van der Waals surface area contributed by atoms with Crippen molar-refractivity contribution in [2.24, 2.45) is 5.92 Å². The van der Waals surface area contributed by atoms with Gasteiger partial charge in [-0.15, -0.1) is 0 Å². The molecule has 3 fully saturated rings. The molecule has 1 spiro atoms. The standard InChI is InChI=1S/C20H29N3O2/c1-21-14-19(24)23(18-5-3-2-4-6-18)16-20(21)9-10-22(15-20)13-17-7-11-25-12-8-17/h2-6,17H,7-16H2,1H3/t20-/m0/s1. The summed E-state index contributed by atoms with van der Waals surface area (Å²) in [6.07, 6.45) is 3.52. The lowest BCUT2D eigenvalue weighted by Gasteiger charge is -2.47. The zero-order chi connectivity index (χ0) is 17.3. The smallest absolute Gasteiger partial charge is 0.241 e. The van der Waals surface area contributed by atoms with Crippen molar-refractivity contribution in [2.45, 2.75) is 24.8 Å². The first-order valence-corrected chi connectivity index (χ1v) is 9.53. The monoisotopic (exact) mass is 343 g/mol. The van der Waals surface area contributed by atoms with Gasteiger partial charge in [-0.25, -0.2) is 0 Å². The average molecular weight is 343 g/mol. The van der Waals surface area contributed by atoms with Crippen molar-refractivity contribution in [3.63, 3.8) is 0 Å². The van der Waals surface area contributed by atoms with Crippen LogP contribution in [-0.2, 0) is 9.53 Å². The van der Waals surface area contributed by atoms with Gasteiger partial charge >= 0.3 is 0 Å². The van der Waals surface area contributed by atoms with E-state index in [2.05, 4.69) is 16.8 Å². The molecule has 136 valence electrons. The van der Waals surface area contributed by atoms with E-state index in [4.69, 9.17) is 4.74 Å². The van der Waals surface area contributed by atoms with Gasteiger partial charge in [-0.2, -0.15) is 0 Å². The molecule has 0 unspecified atom stereocenters. The van der Waals surface area contributed by atoms with E-state index in [1.807, 2.05) is 35.2 Å². The molecule has 3 aliphatic heterocycles. The summed E-state index contributed by atoms with van der Waals surface area (Å²) >= 11 is 0. The van der Waals surface area contributed by atoms with Crippen molar-refractivity contribution in [2.75, 3.05) is 57.9 Å². The molecule has 0 aromatic heterocycles. The fraction of sp³-hybridized carbons (Fsp3) is 0.650. The number of amides is 1. The molecule has 5 nitrogen and oxygen atoms in total. The Bertz CT molecular complexity index is 602. The van der Waals surface area contributed by atoms with E-state index in [0.29, 0.717) is 6.54 Å². The Hall–Kier alpha value is -1.43. The summed E-state index contributed by atoms with van der Waals surface area (Å²) in [6.45, 7) is 6.53. The molecule has 0 saturated carbocycles. The maximum Gasteiger partial charge on any atom is 0.241 e. The molecule has 1 aromatic carbocycles. The average Bonchev–Trinajstić information content (AvgIpc) is 3.04. The topological polar surface area (TPSA) is 36.0 Å². The highest BCUT2D eigenvalue weighted by atomic mass is 16.5. The second kappa shape index (κ2) is 7.06. The Labute approximate surface area is 150 Å². The van der Waals surface area contributed by atoms with Gasteiger partial charge in [0.25, 0.3) is 0 Å². The number of piperazine rings is 1. The fourth-order valence-electron chi connectivity index (χ4n) is 4.63. The van der Waals surface area contributed by atoms with E-state index in [1.165, 1.54) is 19.4 Å². The SMILES string of the molecule is CN1CC(=O)N(c2ccccc2)C[C@@]12CCN(CC1CCOCC1)C2. The van der Waals surface area contributed by atoms with E-state index in [9.17, 15) is 4.79 Å². The van der Waals surface area contributed by atoms with Crippen LogP contribution in [0.15, 0.2) is 30.3 Å². The lowest BCUT2D eigenvalue weighted by Crippen LogP contribution is -2.64. The lowest BCUT2D eigenvalue weighted by atomic mass is 9.92. The first-order chi connectivity index (χ1) is 12.2. The summed E-state index contributed by atoms with van der Waals surface area (Å²) in [7, 11) is 2.12. The molecular formula is C20H29N3O2. The maximum absolute atomic E-state index is 12.6. The van der Waals surface area contributed by atoms with Crippen LogP contribution in [0.1, 0.15) is 19.3 Å². The van der Waals surface area contributed by atoms with Crippen LogP contribution < -0.4 is 4.90 Å². The van der Waals surface area contributed by atoms with Gasteiger partial charge in [0.05, 0.1) is 12.1 Å². The number of ether oxygens (including phenoxy) is 1. The molecule has 5 heteroatoms. The number of hydrogen-bond acceptors (Lipinski definition) is 4. The Morgan fingerprint density at radius 3 is 2.68 bits per heavy atom. The normalized spacial score (nSPS) is 29.6. The van der Waals surface area contributed by atoms with Crippen molar-refractivity contribution < 1.29 is 9.53 Å². The third kappa shape index (κ3) is 3.46. The number of likely N-dealkylation sites (N-methyl/N-ethyl adjacent to an activating group) is 1. The minimum Gasteiger partial charge on any atom is -0.381 e. The maximum atomic E-state index is 12.6. The van der Waals surface area contributed by atoms with Gasteiger partial charge in [-0.05, 0) is 44.4 Å². The molecule has 4 rings (SSSR count). The highest BCUT2D eigenvalue weighted by molar-refractivity contribution is 5.96. The molecule has 3 saturated heterocycles. The molecule has 0 radical (unpaired) electrons. The number of para-hydroxylation sites is 1. The summed E-state index contributed by atoms with van der Waals surface area (Å²) in [5.41, 5.74) is 1.12. The van der Waals surface area contributed by atoms with E-state index < -0.39 is 0 Å². The number of benzene rings is 1. The van der Waals surface area contributed by atoms with E-state index in [0.717, 1.165) is 50.9 Å². The van der Waals surface area contributed by atoms with Crippen LogP contribution in [0.25, 0.3) is 0 Å². The molecule has 1 amide bonds. The van der Waals surface area contributed by atoms with Crippen LogP contribution in [0.2, 0.25) is 0 Å². The van der Waals surface area contributed by atoms with Gasteiger partial charge in [-0.1, -0.05) is 18.2 Å². The second-order valence-corrected chi connectivity index (χ2v) is 7.94. The van der Waals surface area contributed by atoms with Crippen LogP contribution in [0.5, 0.6) is 0 Å². The molecule has 0 N–H and O–H groups in total. The minimum absolute atomic E-state index is 0.0922. The minimum atomic E-state index is 0.0922. The number of nitrogens with zero attached hydrogens (tertiary/aromatic N) is 3. The number of anilines is 1. The summed E-state index contributed by atoms with van der Waals surface area (Å²) in [5, 5.41) is 0. The number of carbonyl (C=O) groups is 1. The third-order valence-corrected chi connectivity index (χ3v) is 6.27. The second-order valence-electron chi connectivity index (χ2n) is 7.94. The first-order valence-electron chi connectivity index (χ1n) is 9.53. The molecule has 25 heavy (non-hydrogen) atoms. The van der Waals surface area contributed by atoms with Crippen LogP contribution >= 0.6 is 0 Å². The zero-order valence-electron chi connectivity index (χ0n) is 15.2. The van der Waals surface area contributed by atoms with Crippen molar-refractivity contribution in [1.29, 1.82) is 0 Å². The van der Waals surface area contributed by atoms with Gasteiger partial charge in [0.15, 0.2) is 0 Å². The van der Waals surface area contributed by atoms with Crippen molar-refractivity contribution >= 4 is 11.6 Å². The highest BCUT2D eigenvalue weighted by Crippen LogP contribution is 2.34. The molecular weight excluding hydrogens is 314 g/mol. The van der Waals surface area contributed by atoms with Gasteiger partial charge < -0.3 is 14.5 Å². The largest absolute Gasteiger partial charge is 0.381 e. The Morgan fingerprint density at radius 2 is 1.92 bits per heavy atom. The molecule has 1 aromatic rings. The van der Waals surface area contributed by atoms with Crippen LogP contribution in [0, 0.1) is 5.92 Å². The van der Waals surface area contributed by atoms with Crippen molar-refractivity contribution in [3.05, 3.63) is 30.3 Å². The lowest BCUT2D eigenvalue weighted by molar-refractivity contribution is -0.123. The summed E-state index contributed by atoms with van der Waals surface area (Å²) in [4.78, 5) is 19.5. The summed E-state index contributed by atoms with van der Waals surface area (Å²) < 4.78 is 5.50. The van der Waals surface area contributed by atoms with Crippen LogP contribution in [0.4, 0.5) is 5.69 Å². The van der Waals surface area contributed by atoms with Crippen molar-refractivity contribution in [3.8, 4) is 0 Å². The Kier molecular flexibility index (Phi) is 4.80. The molecule has 0 aliphatic carbocycles. The number of likely N-dealkylation sites (tertiary alicyclic amines) is 1. The predicted molar refractivity (Wildman–Crippen MR) is 98.8 cm³/mol. The fourth-order valence-corrected chi connectivity index (χ4v) is 4.63. The molecule has 3 aliphatic rings. The number of carbonyl (C=O) groups excluding carboxylic acids is 1. The summed E-state index contributed by atoms with van der Waals surface area (Å²) in [6, 6.07) is 10.1.